The van der Waals surface area contributed by atoms with E-state index >= 15 is 0 Å². The van der Waals surface area contributed by atoms with Crippen LogP contribution in [0.3, 0.4) is 0 Å². The molecule has 1 aromatic heterocycles. The van der Waals surface area contributed by atoms with E-state index in [4.69, 9.17) is 14.2 Å². The van der Waals surface area contributed by atoms with Crippen molar-refractivity contribution in [3.05, 3.63) is 41.0 Å². The van der Waals surface area contributed by atoms with E-state index in [0.29, 0.717) is 64.1 Å². The van der Waals surface area contributed by atoms with Crippen LogP contribution < -0.4 is 34.0 Å². The topological polar surface area (TPSA) is 125 Å². The zero-order chi connectivity index (χ0) is 32.4. The van der Waals surface area contributed by atoms with E-state index in [1.165, 1.54) is 11.4 Å². The molecule has 0 bridgehead atoms. The fourth-order valence-electron chi connectivity index (χ4n) is 6.10. The summed E-state index contributed by atoms with van der Waals surface area (Å²) in [6, 6.07) is 10.3. The van der Waals surface area contributed by atoms with Gasteiger partial charge in [-0.05, 0) is 60.1 Å². The average molecular weight is 718 g/mol. The highest BCUT2D eigenvalue weighted by Gasteiger charge is 2.28. The summed E-state index contributed by atoms with van der Waals surface area (Å²) in [4.78, 5) is 16.6. The van der Waals surface area contributed by atoms with Crippen LogP contribution in [0.2, 0.25) is 0 Å². The molecular weight excluding hydrogens is 676 g/mol. The first kappa shape index (κ1) is 32.4. The Balaban J connectivity index is 1.18. The Morgan fingerprint density at radius 1 is 1.00 bits per heavy atom. The van der Waals surface area contributed by atoms with Gasteiger partial charge in [-0.25, -0.2) is 13.4 Å². The number of fused-ring (bicyclic) bond motifs is 1. The highest BCUT2D eigenvalue weighted by atomic mass is 79.9. The molecule has 0 saturated carbocycles. The Kier molecular flexibility index (Phi) is 9.64. The van der Waals surface area contributed by atoms with Gasteiger partial charge in [0.15, 0.2) is 11.5 Å². The number of halogens is 1. The minimum Gasteiger partial charge on any atom is -0.494 e. The van der Waals surface area contributed by atoms with Gasteiger partial charge in [-0.3, -0.25) is 9.21 Å². The number of rotatable bonds is 9. The van der Waals surface area contributed by atoms with Crippen LogP contribution in [0.5, 0.6) is 17.2 Å². The monoisotopic (exact) mass is 716 g/mol. The number of benzene rings is 2. The second-order valence-corrected chi connectivity index (χ2v) is 14.7. The molecule has 2 N–H and O–H groups in total. The molecule has 0 amide bonds. The number of nitrogens with zero attached hydrogens (tertiary/aromatic N) is 6. The maximum absolute atomic E-state index is 12.6. The summed E-state index contributed by atoms with van der Waals surface area (Å²) in [6.07, 6.45) is 5.07. The molecule has 3 aliphatic rings. The quantitative estimate of drug-likeness (QED) is 0.331. The highest BCUT2D eigenvalue weighted by molar-refractivity contribution is 9.10. The number of piperazine rings is 1. The molecule has 0 aliphatic carbocycles. The van der Waals surface area contributed by atoms with Gasteiger partial charge in [0.1, 0.15) is 30.5 Å². The summed E-state index contributed by atoms with van der Waals surface area (Å²) in [5, 5.41) is 6.54. The zero-order valence-electron chi connectivity index (χ0n) is 26.6. The molecule has 13 nitrogen and oxygen atoms in total. The van der Waals surface area contributed by atoms with Crippen molar-refractivity contribution in [2.75, 3.05) is 99.8 Å². The van der Waals surface area contributed by atoms with Gasteiger partial charge in [0, 0.05) is 70.3 Å². The number of aromatic nitrogens is 2. The number of hydrogen-bond donors (Lipinski definition) is 2. The zero-order valence-corrected chi connectivity index (χ0v) is 29.0. The summed E-state index contributed by atoms with van der Waals surface area (Å²) in [7, 11) is 1.71. The van der Waals surface area contributed by atoms with Crippen molar-refractivity contribution in [1.82, 2.24) is 19.8 Å². The number of ether oxygens (including phenoxy) is 3. The van der Waals surface area contributed by atoms with E-state index in [-0.39, 0.29) is 0 Å². The Labute approximate surface area is 279 Å². The Morgan fingerprint density at radius 2 is 1.72 bits per heavy atom. The maximum Gasteiger partial charge on any atom is 0.232 e. The summed E-state index contributed by atoms with van der Waals surface area (Å²) in [5.41, 5.74) is 2.65. The largest absolute Gasteiger partial charge is 0.494 e. The SMILES string of the molecule is COc1cc(N2CCC(N3CCN(C)CC3)CC2)ccc1Nc1ncc(Br)c(Nc2ccc3c(c2N(C)S(C)(=O)=O)OCCO3)n1. The number of sulfonamides is 1. The van der Waals surface area contributed by atoms with E-state index in [1.807, 2.05) is 6.07 Å². The maximum atomic E-state index is 12.6. The van der Waals surface area contributed by atoms with Crippen molar-refractivity contribution in [2.45, 2.75) is 18.9 Å². The standard InChI is InChI=1S/C31H41BrN8O5S/c1-37-13-15-40(16-14-37)21-9-11-39(12-10-21)22-5-6-24(27(19-22)43-3)35-31-33-20-23(32)30(36-31)34-25-7-8-26-29(45-18-17-44-26)28(25)38(2)46(4,41)42/h5-8,19-21H,9-18H2,1-4H3,(H2,33,34,35,36). The molecule has 0 unspecified atom stereocenters. The van der Waals surface area contributed by atoms with Crippen LogP contribution in [-0.2, 0) is 10.0 Å². The van der Waals surface area contributed by atoms with E-state index in [0.717, 1.165) is 69.7 Å². The number of likely N-dealkylation sites (N-methyl/N-ethyl adjacent to an activating group) is 1. The lowest BCUT2D eigenvalue weighted by atomic mass is 10.0. The third-order valence-electron chi connectivity index (χ3n) is 8.81. The lowest BCUT2D eigenvalue weighted by molar-refractivity contribution is 0.0982. The Hall–Kier alpha value is -3.53. The van der Waals surface area contributed by atoms with Crippen molar-refractivity contribution in [3.63, 3.8) is 0 Å². The van der Waals surface area contributed by atoms with E-state index in [1.54, 1.807) is 25.4 Å². The van der Waals surface area contributed by atoms with Crippen molar-refractivity contribution in [1.29, 1.82) is 0 Å². The molecule has 248 valence electrons. The highest BCUT2D eigenvalue weighted by Crippen LogP contribution is 2.46. The minimum absolute atomic E-state index is 0.307. The predicted molar refractivity (Wildman–Crippen MR) is 184 cm³/mol. The Morgan fingerprint density at radius 3 is 2.43 bits per heavy atom. The summed E-state index contributed by atoms with van der Waals surface area (Å²) < 4.78 is 44.2. The minimum atomic E-state index is -3.61. The van der Waals surface area contributed by atoms with Gasteiger partial charge < -0.3 is 34.6 Å². The lowest BCUT2D eigenvalue weighted by Crippen LogP contribution is -2.52. The molecule has 15 heteroatoms. The van der Waals surface area contributed by atoms with Crippen LogP contribution in [-0.4, -0.2) is 114 Å². The first-order chi connectivity index (χ1) is 22.1. The molecule has 6 rings (SSSR count). The number of nitrogens with one attached hydrogen (secondary N) is 2. The third-order valence-corrected chi connectivity index (χ3v) is 10.6. The van der Waals surface area contributed by atoms with Crippen LogP contribution in [0.25, 0.3) is 0 Å². The molecule has 0 spiro atoms. The van der Waals surface area contributed by atoms with Crippen molar-refractivity contribution in [2.24, 2.45) is 0 Å². The number of methoxy groups -OCH3 is 1. The molecule has 2 fully saturated rings. The van der Waals surface area contributed by atoms with Gasteiger partial charge in [-0.2, -0.15) is 4.98 Å². The van der Waals surface area contributed by atoms with E-state index < -0.39 is 10.0 Å². The van der Waals surface area contributed by atoms with Gasteiger partial charge in [0.2, 0.25) is 16.0 Å². The predicted octanol–water partition coefficient (Wildman–Crippen LogP) is 4.12. The van der Waals surface area contributed by atoms with Crippen LogP contribution in [0.15, 0.2) is 41.0 Å². The molecule has 0 radical (unpaired) electrons. The van der Waals surface area contributed by atoms with Crippen LogP contribution in [0.1, 0.15) is 12.8 Å². The summed E-state index contributed by atoms with van der Waals surface area (Å²) in [6.45, 7) is 7.30. The van der Waals surface area contributed by atoms with E-state index in [2.05, 4.69) is 70.4 Å². The molecular formula is C31H41BrN8O5S. The average Bonchev–Trinajstić information content (AvgIpc) is 3.06. The smallest absolute Gasteiger partial charge is 0.232 e. The van der Waals surface area contributed by atoms with Crippen LogP contribution in [0, 0.1) is 0 Å². The molecule has 3 aromatic rings. The fourth-order valence-corrected chi connectivity index (χ4v) is 6.90. The summed E-state index contributed by atoms with van der Waals surface area (Å²) >= 11 is 3.52. The van der Waals surface area contributed by atoms with Gasteiger partial charge in [0.25, 0.3) is 0 Å². The normalized spacial score (nSPS) is 17.9. The third kappa shape index (κ3) is 7.06. The van der Waals surface area contributed by atoms with Gasteiger partial charge >= 0.3 is 0 Å². The van der Waals surface area contributed by atoms with Crippen molar-refractivity contribution >= 4 is 60.5 Å². The Bertz CT molecular complexity index is 1660. The van der Waals surface area contributed by atoms with Crippen LogP contribution in [0.4, 0.5) is 34.5 Å². The van der Waals surface area contributed by atoms with Gasteiger partial charge in [-0.1, -0.05) is 0 Å². The fraction of sp³-hybridized carbons (Fsp3) is 0.484. The number of piperidine rings is 1. The molecule has 2 saturated heterocycles. The van der Waals surface area contributed by atoms with Crippen molar-refractivity contribution in [3.8, 4) is 17.2 Å². The van der Waals surface area contributed by atoms with Gasteiger partial charge in [0.05, 0.1) is 29.2 Å². The molecule has 3 aliphatic heterocycles. The van der Waals surface area contributed by atoms with Gasteiger partial charge in [-0.15, -0.1) is 0 Å². The van der Waals surface area contributed by atoms with Crippen molar-refractivity contribution < 1.29 is 22.6 Å². The molecule has 46 heavy (non-hydrogen) atoms. The lowest BCUT2D eigenvalue weighted by Gasteiger charge is -2.42. The second kappa shape index (κ2) is 13.7. The number of hydrogen-bond acceptors (Lipinski definition) is 12. The molecule has 0 atom stereocenters. The molecule has 4 heterocycles. The van der Waals surface area contributed by atoms with Crippen LogP contribution >= 0.6 is 15.9 Å². The summed E-state index contributed by atoms with van der Waals surface area (Å²) in [5.74, 6) is 2.27. The first-order valence-corrected chi connectivity index (χ1v) is 18.0. The molecule has 2 aromatic carbocycles. The first-order valence-electron chi connectivity index (χ1n) is 15.4. The number of anilines is 6. The second-order valence-electron chi connectivity index (χ2n) is 11.8. The van der Waals surface area contributed by atoms with E-state index in [9.17, 15) is 8.42 Å².